The standard InChI is InChI=1S/C15H20F3NO2/c16-15(17,18)10-20-7-2-8-21-12-6-5-11-3-1-4-14(19)13(11)9-12/h5-6,9,14H,1-4,7-8,10,19H2/t14-/m0/s1. The van der Waals surface area contributed by atoms with Gasteiger partial charge in [-0.1, -0.05) is 6.07 Å². The molecule has 0 saturated carbocycles. The van der Waals surface area contributed by atoms with Gasteiger partial charge in [-0.2, -0.15) is 13.2 Å². The molecule has 0 saturated heterocycles. The number of hydrogen-bond donors (Lipinski definition) is 1. The molecule has 0 unspecified atom stereocenters. The Labute approximate surface area is 122 Å². The summed E-state index contributed by atoms with van der Waals surface area (Å²) in [5.41, 5.74) is 8.44. The van der Waals surface area contributed by atoms with Crippen LogP contribution in [0, 0.1) is 0 Å². The fourth-order valence-electron chi connectivity index (χ4n) is 2.44. The lowest BCUT2D eigenvalue weighted by Gasteiger charge is -2.22. The third-order valence-corrected chi connectivity index (χ3v) is 3.45. The molecule has 0 aliphatic heterocycles. The molecule has 1 atom stereocenters. The van der Waals surface area contributed by atoms with Gasteiger partial charge in [0.15, 0.2) is 0 Å². The van der Waals surface area contributed by atoms with Crippen LogP contribution in [-0.2, 0) is 11.2 Å². The van der Waals surface area contributed by atoms with Gasteiger partial charge in [-0.15, -0.1) is 0 Å². The summed E-state index contributed by atoms with van der Waals surface area (Å²) < 4.78 is 45.6. The molecule has 1 aromatic rings. The van der Waals surface area contributed by atoms with Gasteiger partial charge in [0.1, 0.15) is 12.4 Å². The van der Waals surface area contributed by atoms with E-state index in [9.17, 15) is 13.2 Å². The van der Waals surface area contributed by atoms with Crippen molar-refractivity contribution < 1.29 is 22.6 Å². The molecule has 6 heteroatoms. The van der Waals surface area contributed by atoms with Crippen LogP contribution in [0.1, 0.15) is 36.4 Å². The topological polar surface area (TPSA) is 44.5 Å². The van der Waals surface area contributed by atoms with Crippen LogP contribution in [0.3, 0.4) is 0 Å². The van der Waals surface area contributed by atoms with Gasteiger partial charge >= 0.3 is 6.18 Å². The molecule has 0 amide bonds. The lowest BCUT2D eigenvalue weighted by molar-refractivity contribution is -0.174. The van der Waals surface area contributed by atoms with Crippen molar-refractivity contribution in [1.29, 1.82) is 0 Å². The van der Waals surface area contributed by atoms with E-state index < -0.39 is 12.8 Å². The minimum Gasteiger partial charge on any atom is -0.493 e. The third kappa shape index (κ3) is 5.21. The summed E-state index contributed by atoms with van der Waals surface area (Å²) in [5, 5.41) is 0. The number of nitrogens with two attached hydrogens (primary N) is 1. The van der Waals surface area contributed by atoms with Crippen LogP contribution in [-0.4, -0.2) is 26.0 Å². The number of rotatable bonds is 6. The zero-order valence-corrected chi connectivity index (χ0v) is 11.8. The Bertz CT molecular complexity index is 463. The van der Waals surface area contributed by atoms with Gasteiger partial charge in [0.05, 0.1) is 13.2 Å². The van der Waals surface area contributed by atoms with E-state index in [1.54, 1.807) is 0 Å². The lowest BCUT2D eigenvalue weighted by Crippen LogP contribution is -2.18. The summed E-state index contributed by atoms with van der Waals surface area (Å²) in [6.07, 6.45) is -0.740. The Kier molecular flexibility index (Phi) is 5.47. The highest BCUT2D eigenvalue weighted by Crippen LogP contribution is 2.30. The Hall–Kier alpha value is -1.27. The smallest absolute Gasteiger partial charge is 0.411 e. The fourth-order valence-corrected chi connectivity index (χ4v) is 2.44. The monoisotopic (exact) mass is 303 g/mol. The number of halogens is 3. The van der Waals surface area contributed by atoms with E-state index in [0.29, 0.717) is 18.8 Å². The average Bonchev–Trinajstić information content (AvgIpc) is 2.42. The number of benzene rings is 1. The van der Waals surface area contributed by atoms with Crippen molar-refractivity contribution in [3.8, 4) is 5.75 Å². The summed E-state index contributed by atoms with van der Waals surface area (Å²) in [6, 6.07) is 5.89. The largest absolute Gasteiger partial charge is 0.493 e. The molecular weight excluding hydrogens is 283 g/mol. The quantitative estimate of drug-likeness (QED) is 0.820. The molecule has 2 N–H and O–H groups in total. The first-order valence-electron chi connectivity index (χ1n) is 7.11. The highest BCUT2D eigenvalue weighted by Gasteiger charge is 2.27. The zero-order chi connectivity index (χ0) is 15.3. The van der Waals surface area contributed by atoms with Gasteiger partial charge < -0.3 is 15.2 Å². The summed E-state index contributed by atoms with van der Waals surface area (Å²) in [4.78, 5) is 0. The van der Waals surface area contributed by atoms with E-state index in [4.69, 9.17) is 10.5 Å². The molecule has 0 aromatic heterocycles. The predicted octanol–water partition coefficient (Wildman–Crippen LogP) is 3.37. The molecule has 0 bridgehead atoms. The summed E-state index contributed by atoms with van der Waals surface area (Å²) in [5.74, 6) is 0.710. The first kappa shape index (κ1) is 16.1. The van der Waals surface area contributed by atoms with Crippen molar-refractivity contribution in [2.24, 2.45) is 5.73 Å². The maximum atomic E-state index is 11.9. The second-order valence-electron chi connectivity index (χ2n) is 5.23. The number of fused-ring (bicyclic) bond motifs is 1. The van der Waals surface area contributed by atoms with Crippen LogP contribution in [0.5, 0.6) is 5.75 Å². The van der Waals surface area contributed by atoms with E-state index in [0.717, 1.165) is 24.8 Å². The average molecular weight is 303 g/mol. The molecular formula is C15H20F3NO2. The van der Waals surface area contributed by atoms with Gasteiger partial charge in [-0.25, -0.2) is 0 Å². The fraction of sp³-hybridized carbons (Fsp3) is 0.600. The second-order valence-corrected chi connectivity index (χ2v) is 5.23. The minimum absolute atomic E-state index is 0.0317. The van der Waals surface area contributed by atoms with Crippen LogP contribution in [0.2, 0.25) is 0 Å². The molecule has 1 aromatic carbocycles. The number of alkyl halides is 3. The molecule has 0 fully saturated rings. The number of ether oxygens (including phenoxy) is 2. The molecule has 0 radical (unpaired) electrons. The van der Waals surface area contributed by atoms with Crippen molar-refractivity contribution in [3.05, 3.63) is 29.3 Å². The molecule has 21 heavy (non-hydrogen) atoms. The highest BCUT2D eigenvalue weighted by molar-refractivity contribution is 5.39. The Morgan fingerprint density at radius 2 is 2.05 bits per heavy atom. The third-order valence-electron chi connectivity index (χ3n) is 3.45. The van der Waals surface area contributed by atoms with Crippen molar-refractivity contribution in [2.75, 3.05) is 19.8 Å². The molecule has 3 nitrogen and oxygen atoms in total. The molecule has 1 aliphatic carbocycles. The molecule has 1 aliphatic rings. The first-order chi connectivity index (χ1) is 9.96. The van der Waals surface area contributed by atoms with E-state index in [1.807, 2.05) is 18.2 Å². The van der Waals surface area contributed by atoms with Crippen LogP contribution < -0.4 is 10.5 Å². The van der Waals surface area contributed by atoms with Crippen LogP contribution in [0.25, 0.3) is 0 Å². The Balaban J connectivity index is 1.73. The van der Waals surface area contributed by atoms with Gasteiger partial charge in [0.2, 0.25) is 0 Å². The van der Waals surface area contributed by atoms with Gasteiger partial charge in [0, 0.05) is 12.5 Å². The molecule has 0 spiro atoms. The number of aryl methyl sites for hydroxylation is 1. The second kappa shape index (κ2) is 7.13. The van der Waals surface area contributed by atoms with Crippen molar-refractivity contribution in [1.82, 2.24) is 0 Å². The zero-order valence-electron chi connectivity index (χ0n) is 11.8. The Morgan fingerprint density at radius 3 is 2.81 bits per heavy atom. The Morgan fingerprint density at radius 1 is 1.24 bits per heavy atom. The van der Waals surface area contributed by atoms with E-state index in [2.05, 4.69) is 4.74 Å². The minimum atomic E-state index is -4.27. The van der Waals surface area contributed by atoms with Gasteiger partial charge in [0.25, 0.3) is 0 Å². The summed E-state index contributed by atoms with van der Waals surface area (Å²) >= 11 is 0. The SMILES string of the molecule is N[C@H]1CCCc2ccc(OCCCOCC(F)(F)F)cc21. The first-order valence-corrected chi connectivity index (χ1v) is 7.11. The predicted molar refractivity (Wildman–Crippen MR) is 73.3 cm³/mol. The van der Waals surface area contributed by atoms with E-state index >= 15 is 0 Å². The normalized spacial score (nSPS) is 18.4. The van der Waals surface area contributed by atoms with E-state index in [1.165, 1.54) is 5.56 Å². The maximum absolute atomic E-state index is 11.9. The van der Waals surface area contributed by atoms with Gasteiger partial charge in [-0.3, -0.25) is 0 Å². The number of hydrogen-bond acceptors (Lipinski definition) is 3. The molecule has 2 rings (SSSR count). The molecule has 0 heterocycles. The van der Waals surface area contributed by atoms with Gasteiger partial charge in [-0.05, 0) is 42.5 Å². The van der Waals surface area contributed by atoms with Crippen LogP contribution >= 0.6 is 0 Å². The maximum Gasteiger partial charge on any atom is 0.411 e. The summed E-state index contributed by atoms with van der Waals surface area (Å²) in [6.45, 7) is -0.851. The van der Waals surface area contributed by atoms with E-state index in [-0.39, 0.29) is 12.6 Å². The summed E-state index contributed by atoms with van der Waals surface area (Å²) in [7, 11) is 0. The van der Waals surface area contributed by atoms with Crippen LogP contribution in [0.15, 0.2) is 18.2 Å². The van der Waals surface area contributed by atoms with Crippen LogP contribution in [0.4, 0.5) is 13.2 Å². The lowest BCUT2D eigenvalue weighted by atomic mass is 9.88. The van der Waals surface area contributed by atoms with Crippen molar-refractivity contribution in [2.45, 2.75) is 37.9 Å². The van der Waals surface area contributed by atoms with Crippen molar-refractivity contribution >= 4 is 0 Å². The van der Waals surface area contributed by atoms with Crippen molar-refractivity contribution in [3.63, 3.8) is 0 Å². The highest BCUT2D eigenvalue weighted by atomic mass is 19.4. The molecule has 118 valence electrons.